The number of hydrogen-bond donors (Lipinski definition) is 0. The van der Waals surface area contributed by atoms with Gasteiger partial charge in [-0.3, -0.25) is 9.59 Å². The van der Waals surface area contributed by atoms with Crippen LogP contribution < -0.4 is 0 Å². The predicted octanol–water partition coefficient (Wildman–Crippen LogP) is 3.51. The van der Waals surface area contributed by atoms with Crippen molar-refractivity contribution in [3.05, 3.63) is 46.2 Å². The highest BCUT2D eigenvalue weighted by atomic mass is 16.3. The maximum atomic E-state index is 12.5. The Balaban J connectivity index is 2.07. The number of fused-ring (bicyclic) bond motifs is 5. The van der Waals surface area contributed by atoms with Gasteiger partial charge in [0, 0.05) is 11.1 Å². The smallest absolute Gasteiger partial charge is 0.237 e. The van der Waals surface area contributed by atoms with E-state index >= 15 is 0 Å². The zero-order chi connectivity index (χ0) is 13.9. The molecule has 0 saturated carbocycles. The van der Waals surface area contributed by atoms with Crippen molar-refractivity contribution in [3.8, 4) is 11.3 Å². The summed E-state index contributed by atoms with van der Waals surface area (Å²) in [7, 11) is 0. The largest absolute Gasteiger partial charge is 0.463 e. The molecule has 0 unspecified atom stereocenters. The van der Waals surface area contributed by atoms with Crippen molar-refractivity contribution in [2.75, 3.05) is 0 Å². The SMILES string of the molecule is Cc1coc2c1C(=O)C(=O)c1c-2ccc2c1CCCC2. The molecule has 0 amide bonds. The summed E-state index contributed by atoms with van der Waals surface area (Å²) in [6, 6.07) is 4.02. The summed E-state index contributed by atoms with van der Waals surface area (Å²) in [5.41, 5.74) is 4.84. The van der Waals surface area contributed by atoms with Gasteiger partial charge in [0.05, 0.1) is 11.8 Å². The molecule has 3 heteroatoms. The molecule has 2 aromatic rings. The number of benzene rings is 1. The second-order valence-corrected chi connectivity index (χ2v) is 5.61. The summed E-state index contributed by atoms with van der Waals surface area (Å²) in [6.07, 6.45) is 5.67. The lowest BCUT2D eigenvalue weighted by molar-refractivity contribution is 0.0813. The minimum Gasteiger partial charge on any atom is -0.463 e. The van der Waals surface area contributed by atoms with Crippen LogP contribution >= 0.6 is 0 Å². The summed E-state index contributed by atoms with van der Waals surface area (Å²) < 4.78 is 5.55. The quantitative estimate of drug-likeness (QED) is 0.685. The highest BCUT2D eigenvalue weighted by molar-refractivity contribution is 6.53. The normalized spacial score (nSPS) is 16.6. The van der Waals surface area contributed by atoms with Gasteiger partial charge in [-0.1, -0.05) is 12.1 Å². The fraction of sp³-hybridized carbons (Fsp3) is 0.294. The molecule has 3 nitrogen and oxygen atoms in total. The second kappa shape index (κ2) is 3.92. The Hall–Kier alpha value is -2.16. The van der Waals surface area contributed by atoms with E-state index in [-0.39, 0.29) is 5.78 Å². The summed E-state index contributed by atoms with van der Waals surface area (Å²) in [5, 5.41) is 0. The Bertz CT molecular complexity index is 765. The van der Waals surface area contributed by atoms with E-state index in [4.69, 9.17) is 4.42 Å². The van der Waals surface area contributed by atoms with E-state index in [1.165, 1.54) is 5.56 Å². The van der Waals surface area contributed by atoms with E-state index in [9.17, 15) is 9.59 Å². The predicted molar refractivity (Wildman–Crippen MR) is 74.2 cm³/mol. The van der Waals surface area contributed by atoms with Crippen LogP contribution in [-0.2, 0) is 12.8 Å². The minimum atomic E-state index is -0.419. The first-order chi connectivity index (χ1) is 9.68. The molecule has 1 heterocycles. The summed E-state index contributed by atoms with van der Waals surface area (Å²) in [4.78, 5) is 24.8. The first kappa shape index (κ1) is 11.6. The molecule has 0 N–H and O–H groups in total. The van der Waals surface area contributed by atoms with Gasteiger partial charge in [0.15, 0.2) is 0 Å². The third-order valence-corrected chi connectivity index (χ3v) is 4.41. The van der Waals surface area contributed by atoms with Crippen LogP contribution in [0.15, 0.2) is 22.8 Å². The molecule has 2 aliphatic carbocycles. The zero-order valence-corrected chi connectivity index (χ0v) is 11.3. The van der Waals surface area contributed by atoms with Crippen molar-refractivity contribution < 1.29 is 14.0 Å². The van der Waals surface area contributed by atoms with Crippen LogP contribution in [0.4, 0.5) is 0 Å². The molecule has 0 radical (unpaired) electrons. The van der Waals surface area contributed by atoms with E-state index in [1.54, 1.807) is 13.2 Å². The lowest BCUT2D eigenvalue weighted by Crippen LogP contribution is -2.24. The van der Waals surface area contributed by atoms with Gasteiger partial charge in [-0.15, -0.1) is 0 Å². The van der Waals surface area contributed by atoms with Crippen molar-refractivity contribution in [2.24, 2.45) is 0 Å². The number of Topliss-reactive ketones (excluding diaryl/α,β-unsaturated/α-hetero) is 2. The topological polar surface area (TPSA) is 47.3 Å². The fourth-order valence-corrected chi connectivity index (χ4v) is 3.43. The standard InChI is InChI=1S/C17H14O3/c1-9-8-20-17-12-7-6-10-4-2-3-5-11(10)14(12)16(19)15(18)13(9)17/h6-8H,2-5H2,1H3. The molecule has 2 aliphatic rings. The van der Waals surface area contributed by atoms with Crippen molar-refractivity contribution >= 4 is 11.6 Å². The Morgan fingerprint density at radius 1 is 1.00 bits per heavy atom. The van der Waals surface area contributed by atoms with Gasteiger partial charge in [0.25, 0.3) is 0 Å². The van der Waals surface area contributed by atoms with Crippen molar-refractivity contribution in [1.82, 2.24) is 0 Å². The lowest BCUT2D eigenvalue weighted by atomic mass is 9.79. The molecule has 20 heavy (non-hydrogen) atoms. The molecular weight excluding hydrogens is 252 g/mol. The molecule has 0 spiro atoms. The molecule has 100 valence electrons. The highest BCUT2D eigenvalue weighted by Gasteiger charge is 2.36. The number of rotatable bonds is 0. The fourth-order valence-electron chi connectivity index (χ4n) is 3.43. The molecule has 0 atom stereocenters. The number of hydrogen-bond acceptors (Lipinski definition) is 3. The summed E-state index contributed by atoms with van der Waals surface area (Å²) in [5.74, 6) is -0.219. The van der Waals surface area contributed by atoms with Gasteiger partial charge < -0.3 is 4.42 Å². The van der Waals surface area contributed by atoms with Gasteiger partial charge >= 0.3 is 0 Å². The molecule has 0 bridgehead atoms. The van der Waals surface area contributed by atoms with Crippen LogP contribution in [0, 0.1) is 6.92 Å². The third kappa shape index (κ3) is 1.35. The van der Waals surface area contributed by atoms with Crippen molar-refractivity contribution in [3.63, 3.8) is 0 Å². The molecular formula is C17H14O3. The van der Waals surface area contributed by atoms with Crippen molar-refractivity contribution in [1.29, 1.82) is 0 Å². The molecule has 0 aliphatic heterocycles. The van der Waals surface area contributed by atoms with Gasteiger partial charge in [-0.05, 0) is 49.3 Å². The maximum absolute atomic E-state index is 12.5. The number of carbonyl (C=O) groups excluding carboxylic acids is 2. The van der Waals surface area contributed by atoms with E-state index in [0.29, 0.717) is 16.9 Å². The Morgan fingerprint density at radius 2 is 1.75 bits per heavy atom. The van der Waals surface area contributed by atoms with Gasteiger partial charge in [0.2, 0.25) is 11.6 Å². The molecule has 1 aromatic heterocycles. The second-order valence-electron chi connectivity index (χ2n) is 5.61. The zero-order valence-electron chi connectivity index (χ0n) is 11.3. The average molecular weight is 266 g/mol. The lowest BCUT2D eigenvalue weighted by Gasteiger charge is -2.23. The average Bonchev–Trinajstić information content (AvgIpc) is 2.86. The molecule has 0 fully saturated rings. The molecule has 0 saturated heterocycles. The van der Waals surface area contributed by atoms with E-state index in [0.717, 1.165) is 42.4 Å². The number of carbonyl (C=O) groups is 2. The van der Waals surface area contributed by atoms with Crippen LogP contribution in [0.5, 0.6) is 0 Å². The maximum Gasteiger partial charge on any atom is 0.237 e. The summed E-state index contributed by atoms with van der Waals surface area (Å²) >= 11 is 0. The van der Waals surface area contributed by atoms with E-state index < -0.39 is 5.78 Å². The Kier molecular flexibility index (Phi) is 2.28. The molecule has 1 aromatic carbocycles. The van der Waals surface area contributed by atoms with Gasteiger partial charge in [-0.2, -0.15) is 0 Å². The first-order valence-electron chi connectivity index (χ1n) is 7.00. The first-order valence-corrected chi connectivity index (χ1v) is 7.00. The third-order valence-electron chi connectivity index (χ3n) is 4.41. The van der Waals surface area contributed by atoms with Crippen LogP contribution in [0.2, 0.25) is 0 Å². The van der Waals surface area contributed by atoms with Gasteiger partial charge in [0.1, 0.15) is 5.76 Å². The van der Waals surface area contributed by atoms with Crippen LogP contribution in [0.3, 0.4) is 0 Å². The van der Waals surface area contributed by atoms with Crippen LogP contribution in [0.25, 0.3) is 11.3 Å². The van der Waals surface area contributed by atoms with E-state index in [2.05, 4.69) is 6.07 Å². The van der Waals surface area contributed by atoms with E-state index in [1.807, 2.05) is 6.07 Å². The van der Waals surface area contributed by atoms with Crippen LogP contribution in [0.1, 0.15) is 50.2 Å². The number of ketones is 2. The monoisotopic (exact) mass is 266 g/mol. The Morgan fingerprint density at radius 3 is 2.60 bits per heavy atom. The Labute approximate surface area is 116 Å². The van der Waals surface area contributed by atoms with Crippen molar-refractivity contribution in [2.45, 2.75) is 32.6 Å². The number of aryl methyl sites for hydroxylation is 2. The number of furan rings is 1. The summed E-state index contributed by atoms with van der Waals surface area (Å²) in [6.45, 7) is 1.80. The highest BCUT2D eigenvalue weighted by Crippen LogP contribution is 2.40. The van der Waals surface area contributed by atoms with Crippen LogP contribution in [-0.4, -0.2) is 11.6 Å². The minimum absolute atomic E-state index is 0.365. The molecule has 4 rings (SSSR count). The van der Waals surface area contributed by atoms with Gasteiger partial charge in [-0.25, -0.2) is 0 Å².